The quantitative estimate of drug-likeness (QED) is 0.204. The Morgan fingerprint density at radius 1 is 0.629 bits per heavy atom. The number of thioether (sulfide) groups is 1. The van der Waals surface area contributed by atoms with Crippen molar-refractivity contribution in [2.45, 2.75) is 18.5 Å². The minimum Gasteiger partial charge on any atom is -0.507 e. The SMILES string of the molecule is CCCSc1nc(-c2ccccc2O)nc(-c2cc3c4ccccc4ccc3c3ccccc23)n1. The smallest absolute Gasteiger partial charge is 0.191 e. The van der Waals surface area contributed by atoms with E-state index in [4.69, 9.17) is 15.0 Å². The number of rotatable bonds is 5. The van der Waals surface area contributed by atoms with Crippen LogP contribution in [0.25, 0.3) is 55.1 Å². The van der Waals surface area contributed by atoms with Gasteiger partial charge in [0.2, 0.25) is 0 Å². The van der Waals surface area contributed by atoms with Crippen LogP contribution >= 0.6 is 11.8 Å². The molecule has 0 spiro atoms. The number of phenolic OH excluding ortho intramolecular Hbond substituents is 1. The molecule has 0 aliphatic heterocycles. The Bertz CT molecular complexity index is 1710. The van der Waals surface area contributed by atoms with Crippen LogP contribution in [0.4, 0.5) is 0 Å². The van der Waals surface area contributed by atoms with E-state index in [-0.39, 0.29) is 5.75 Å². The van der Waals surface area contributed by atoms with Gasteiger partial charge < -0.3 is 5.11 Å². The number of hydrogen-bond donors (Lipinski definition) is 1. The minimum absolute atomic E-state index is 0.158. The topological polar surface area (TPSA) is 58.9 Å². The molecule has 1 aromatic heterocycles. The van der Waals surface area contributed by atoms with Gasteiger partial charge in [-0.15, -0.1) is 0 Å². The normalized spacial score (nSPS) is 11.5. The van der Waals surface area contributed by atoms with Crippen molar-refractivity contribution in [3.63, 3.8) is 0 Å². The largest absolute Gasteiger partial charge is 0.507 e. The number of phenols is 1. The van der Waals surface area contributed by atoms with Crippen LogP contribution < -0.4 is 0 Å². The molecule has 0 aliphatic rings. The molecule has 0 amide bonds. The summed E-state index contributed by atoms with van der Waals surface area (Å²) in [6, 6.07) is 30.6. The van der Waals surface area contributed by atoms with Crippen LogP contribution in [0.15, 0.2) is 96.2 Å². The third-order valence-corrected chi connectivity index (χ3v) is 7.26. The van der Waals surface area contributed by atoms with Crippen LogP contribution in [0.2, 0.25) is 0 Å². The highest BCUT2D eigenvalue weighted by Crippen LogP contribution is 2.38. The molecule has 1 heterocycles. The van der Waals surface area contributed by atoms with Crippen LogP contribution in [-0.4, -0.2) is 25.8 Å². The molecular weight excluding hydrogens is 450 g/mol. The standard InChI is InChI=1S/C30H23N3OS/c1-2-17-35-30-32-28(24-13-7-8-14-27(24)34)31-29(33-30)26-18-25-20-10-4-3-9-19(20)15-16-23(25)21-11-5-6-12-22(21)26/h3-16,18,34H,2,17H2,1H3. The fourth-order valence-corrected chi connectivity index (χ4v) is 5.25. The van der Waals surface area contributed by atoms with Crippen molar-refractivity contribution in [1.82, 2.24) is 15.0 Å². The highest BCUT2D eigenvalue weighted by molar-refractivity contribution is 7.99. The maximum absolute atomic E-state index is 10.5. The Hall–Kier alpha value is -3.96. The molecule has 6 aromatic rings. The average molecular weight is 474 g/mol. The second kappa shape index (κ2) is 9.01. The fraction of sp³-hybridized carbons (Fsp3) is 0.100. The van der Waals surface area contributed by atoms with Gasteiger partial charge in [-0.25, -0.2) is 15.0 Å². The summed E-state index contributed by atoms with van der Waals surface area (Å²) < 4.78 is 0. The summed E-state index contributed by atoms with van der Waals surface area (Å²) in [5.41, 5.74) is 1.56. The molecule has 0 saturated heterocycles. The Balaban J connectivity index is 1.68. The summed E-state index contributed by atoms with van der Waals surface area (Å²) in [5, 5.41) is 18.2. The van der Waals surface area contributed by atoms with Gasteiger partial charge in [0.1, 0.15) is 5.75 Å². The zero-order valence-corrected chi connectivity index (χ0v) is 20.1. The van der Waals surface area contributed by atoms with Crippen LogP contribution in [0.1, 0.15) is 13.3 Å². The van der Waals surface area contributed by atoms with Gasteiger partial charge in [-0.2, -0.15) is 0 Å². The first-order chi connectivity index (χ1) is 17.2. The number of benzene rings is 5. The monoisotopic (exact) mass is 473 g/mol. The number of fused-ring (bicyclic) bond motifs is 5. The highest BCUT2D eigenvalue weighted by atomic mass is 32.2. The Kier molecular flexibility index (Phi) is 5.55. The third-order valence-electron chi connectivity index (χ3n) is 6.20. The van der Waals surface area contributed by atoms with Crippen molar-refractivity contribution >= 4 is 44.1 Å². The minimum atomic E-state index is 0.158. The lowest BCUT2D eigenvalue weighted by Gasteiger charge is -2.13. The second-order valence-corrected chi connectivity index (χ2v) is 9.54. The zero-order valence-electron chi connectivity index (χ0n) is 19.3. The molecular formula is C30H23N3OS. The number of hydrogen-bond acceptors (Lipinski definition) is 5. The lowest BCUT2D eigenvalue weighted by Crippen LogP contribution is -2.00. The molecule has 6 rings (SSSR count). The van der Waals surface area contributed by atoms with E-state index in [1.807, 2.05) is 12.1 Å². The first-order valence-electron chi connectivity index (χ1n) is 11.7. The summed E-state index contributed by atoms with van der Waals surface area (Å²) in [6.45, 7) is 2.14. The number of aromatic hydroxyl groups is 1. The van der Waals surface area contributed by atoms with Crippen molar-refractivity contribution in [3.8, 4) is 28.5 Å². The van der Waals surface area contributed by atoms with Gasteiger partial charge in [0, 0.05) is 11.3 Å². The van der Waals surface area contributed by atoms with E-state index in [9.17, 15) is 5.11 Å². The average Bonchev–Trinajstić information content (AvgIpc) is 2.91. The van der Waals surface area contributed by atoms with E-state index in [2.05, 4.69) is 73.7 Å². The summed E-state index contributed by atoms with van der Waals surface area (Å²) in [5.74, 6) is 2.16. The number of para-hydroxylation sites is 1. The van der Waals surface area contributed by atoms with Gasteiger partial charge >= 0.3 is 0 Å². The maximum atomic E-state index is 10.5. The lowest BCUT2D eigenvalue weighted by atomic mass is 9.93. The van der Waals surface area contributed by atoms with E-state index >= 15 is 0 Å². The molecule has 35 heavy (non-hydrogen) atoms. The Labute approximate surface area is 207 Å². The first kappa shape index (κ1) is 21.6. The molecule has 0 saturated carbocycles. The second-order valence-electron chi connectivity index (χ2n) is 8.48. The van der Waals surface area contributed by atoms with E-state index in [0.29, 0.717) is 22.4 Å². The van der Waals surface area contributed by atoms with Crippen molar-refractivity contribution in [2.24, 2.45) is 0 Å². The zero-order chi connectivity index (χ0) is 23.8. The molecule has 1 N–H and O–H groups in total. The molecule has 5 heteroatoms. The molecule has 4 nitrogen and oxygen atoms in total. The van der Waals surface area contributed by atoms with Crippen LogP contribution in [0.3, 0.4) is 0 Å². The van der Waals surface area contributed by atoms with Gasteiger partial charge in [-0.3, -0.25) is 0 Å². The molecule has 0 bridgehead atoms. The molecule has 0 aliphatic carbocycles. The Morgan fingerprint density at radius 2 is 1.29 bits per heavy atom. The molecule has 0 radical (unpaired) electrons. The van der Waals surface area contributed by atoms with Gasteiger partial charge in [-0.1, -0.05) is 91.5 Å². The van der Waals surface area contributed by atoms with E-state index in [1.165, 1.54) is 21.5 Å². The van der Waals surface area contributed by atoms with Gasteiger partial charge in [-0.05, 0) is 56.9 Å². The molecule has 170 valence electrons. The summed E-state index contributed by atoms with van der Waals surface area (Å²) in [7, 11) is 0. The van der Waals surface area contributed by atoms with Crippen molar-refractivity contribution in [2.75, 3.05) is 5.75 Å². The predicted molar refractivity (Wildman–Crippen MR) is 146 cm³/mol. The molecule has 5 aromatic carbocycles. The van der Waals surface area contributed by atoms with E-state index < -0.39 is 0 Å². The van der Waals surface area contributed by atoms with Gasteiger partial charge in [0.05, 0.1) is 5.56 Å². The predicted octanol–water partition coefficient (Wildman–Crippen LogP) is 7.87. The van der Waals surface area contributed by atoms with Crippen LogP contribution in [0.5, 0.6) is 5.75 Å². The van der Waals surface area contributed by atoms with Crippen molar-refractivity contribution in [1.29, 1.82) is 0 Å². The maximum Gasteiger partial charge on any atom is 0.191 e. The van der Waals surface area contributed by atoms with Gasteiger partial charge in [0.25, 0.3) is 0 Å². The van der Waals surface area contributed by atoms with Gasteiger partial charge in [0.15, 0.2) is 16.8 Å². The molecule has 0 unspecified atom stereocenters. The summed E-state index contributed by atoms with van der Waals surface area (Å²) in [6.07, 6.45) is 1.02. The number of nitrogens with zero attached hydrogens (tertiary/aromatic N) is 3. The lowest BCUT2D eigenvalue weighted by molar-refractivity contribution is 0.477. The van der Waals surface area contributed by atoms with E-state index in [0.717, 1.165) is 28.5 Å². The van der Waals surface area contributed by atoms with Crippen LogP contribution in [0, 0.1) is 0 Å². The van der Waals surface area contributed by atoms with E-state index in [1.54, 1.807) is 23.9 Å². The third kappa shape index (κ3) is 3.88. The fourth-order valence-electron chi connectivity index (χ4n) is 4.56. The van der Waals surface area contributed by atoms with Crippen molar-refractivity contribution in [3.05, 3.63) is 91.0 Å². The van der Waals surface area contributed by atoms with Crippen LogP contribution in [-0.2, 0) is 0 Å². The van der Waals surface area contributed by atoms with Crippen molar-refractivity contribution < 1.29 is 5.11 Å². The first-order valence-corrected chi connectivity index (χ1v) is 12.7. The highest BCUT2D eigenvalue weighted by Gasteiger charge is 2.17. The molecule has 0 atom stereocenters. The molecule has 0 fully saturated rings. The number of aromatic nitrogens is 3. The summed E-state index contributed by atoms with van der Waals surface area (Å²) in [4.78, 5) is 14.5. The summed E-state index contributed by atoms with van der Waals surface area (Å²) >= 11 is 1.61. The Morgan fingerprint density at radius 3 is 2.09 bits per heavy atom.